The number of rotatable bonds is 2. The molecule has 1 aromatic rings. The average molecular weight is 189 g/mol. The van der Waals surface area contributed by atoms with Crippen molar-refractivity contribution >= 4 is 30.1 Å². The lowest BCUT2D eigenvalue weighted by Gasteiger charge is -1.94. The molecule has 11 heavy (non-hydrogen) atoms. The van der Waals surface area contributed by atoms with Gasteiger partial charge in [0.25, 0.3) is 0 Å². The first-order valence-electron chi connectivity index (χ1n) is 3.14. The molecule has 60 valence electrons. The van der Waals surface area contributed by atoms with Gasteiger partial charge in [0.2, 0.25) is 0 Å². The first kappa shape index (κ1) is 10.5. The minimum atomic E-state index is 0. The van der Waals surface area contributed by atoms with Gasteiger partial charge in [-0.15, -0.1) is 24.0 Å². The second-order valence-electron chi connectivity index (χ2n) is 2.08. The van der Waals surface area contributed by atoms with Crippen LogP contribution < -0.4 is 0 Å². The highest BCUT2D eigenvalue weighted by Gasteiger charge is 1.87. The maximum Gasteiger partial charge on any atom is 0.0474 e. The zero-order chi connectivity index (χ0) is 7.40. The molecule has 0 unspecified atom stereocenters. The van der Waals surface area contributed by atoms with Gasteiger partial charge in [-0.3, -0.25) is 0 Å². The molecule has 0 saturated carbocycles. The summed E-state index contributed by atoms with van der Waals surface area (Å²) in [4.78, 5) is 0. The maximum absolute atomic E-state index is 5.60. The Morgan fingerprint density at radius 2 is 1.82 bits per heavy atom. The summed E-state index contributed by atoms with van der Waals surface area (Å²) in [5.41, 5.74) is 2.28. The summed E-state index contributed by atoms with van der Waals surface area (Å²) >= 11 is 5.60. The van der Waals surface area contributed by atoms with E-state index in [0.717, 1.165) is 11.1 Å². The fourth-order valence-electron chi connectivity index (χ4n) is 0.743. The van der Waals surface area contributed by atoms with E-state index in [2.05, 4.69) is 6.58 Å². The molecule has 0 aliphatic carbocycles. The Balaban J connectivity index is 0.000001000. The zero-order valence-corrected chi connectivity index (χ0v) is 7.66. The Bertz CT molecular complexity index is 214. The minimum Gasteiger partial charge on any atom is -0.147 e. The second kappa shape index (κ2) is 5.22. The molecule has 0 radical (unpaired) electrons. The van der Waals surface area contributed by atoms with Gasteiger partial charge in [0.1, 0.15) is 0 Å². The van der Waals surface area contributed by atoms with Crippen molar-refractivity contribution < 1.29 is 0 Å². The van der Waals surface area contributed by atoms with Crippen LogP contribution in [-0.4, -0.2) is 0 Å². The zero-order valence-electron chi connectivity index (χ0n) is 6.09. The van der Waals surface area contributed by atoms with Crippen LogP contribution in [0.3, 0.4) is 0 Å². The predicted molar refractivity (Wildman–Crippen MR) is 53.3 cm³/mol. The minimum absolute atomic E-state index is 0. The molecule has 0 aromatic heterocycles. The fraction of sp³-hybridized carbons (Fsp3) is 0.111. The van der Waals surface area contributed by atoms with Gasteiger partial charge < -0.3 is 0 Å². The van der Waals surface area contributed by atoms with Gasteiger partial charge >= 0.3 is 0 Å². The molecule has 1 aromatic carbocycles. The molecule has 0 atom stereocenters. The molecule has 0 N–H and O–H groups in total. The van der Waals surface area contributed by atoms with Crippen LogP contribution in [0.2, 0.25) is 0 Å². The number of alkyl halides is 1. The van der Waals surface area contributed by atoms with E-state index in [4.69, 9.17) is 11.6 Å². The number of benzene rings is 1. The molecule has 0 nitrogen and oxygen atoms in total. The quantitative estimate of drug-likeness (QED) is 0.624. The Kier molecular flexibility index (Phi) is 5.01. The summed E-state index contributed by atoms with van der Waals surface area (Å²) in [5, 5.41) is 0. The van der Waals surface area contributed by atoms with Gasteiger partial charge in [0, 0.05) is 5.88 Å². The Hall–Kier alpha value is -0.460. The highest BCUT2D eigenvalue weighted by Crippen LogP contribution is 2.06. The monoisotopic (exact) mass is 188 g/mol. The van der Waals surface area contributed by atoms with Crippen LogP contribution >= 0.6 is 24.0 Å². The first-order valence-corrected chi connectivity index (χ1v) is 3.67. The van der Waals surface area contributed by atoms with Gasteiger partial charge in [-0.2, -0.15) is 0 Å². The molecule has 0 fully saturated rings. The molecule has 1 rings (SSSR count). The van der Waals surface area contributed by atoms with E-state index < -0.39 is 0 Å². The third-order valence-electron chi connectivity index (χ3n) is 1.37. The molecule has 0 heterocycles. The van der Waals surface area contributed by atoms with Crippen molar-refractivity contribution in [3.63, 3.8) is 0 Å². The van der Waals surface area contributed by atoms with E-state index in [1.165, 1.54) is 0 Å². The lowest BCUT2D eigenvalue weighted by molar-refractivity contribution is 1.40. The van der Waals surface area contributed by atoms with Crippen LogP contribution in [0.15, 0.2) is 30.8 Å². The van der Waals surface area contributed by atoms with E-state index in [1.807, 2.05) is 30.3 Å². The van der Waals surface area contributed by atoms with E-state index >= 15 is 0 Å². The van der Waals surface area contributed by atoms with Crippen molar-refractivity contribution in [1.29, 1.82) is 0 Å². The lowest BCUT2D eigenvalue weighted by Crippen LogP contribution is -1.76. The van der Waals surface area contributed by atoms with Crippen molar-refractivity contribution in [2.45, 2.75) is 5.88 Å². The summed E-state index contributed by atoms with van der Waals surface area (Å²) in [6.45, 7) is 3.65. The average Bonchev–Trinajstić information content (AvgIpc) is 2.05. The Morgan fingerprint density at radius 1 is 1.27 bits per heavy atom. The standard InChI is InChI=1S/C9H9Cl.ClH/c1-2-8-3-5-9(7-10)6-4-8;/h2-6H,1,7H2;1H. The molecular formula is C9H10Cl2. The van der Waals surface area contributed by atoms with Crippen LogP contribution in [0, 0.1) is 0 Å². The van der Waals surface area contributed by atoms with Crippen molar-refractivity contribution in [3.05, 3.63) is 42.0 Å². The van der Waals surface area contributed by atoms with Crippen LogP contribution in [0.1, 0.15) is 11.1 Å². The number of hydrogen-bond acceptors (Lipinski definition) is 0. The summed E-state index contributed by atoms with van der Waals surface area (Å²) < 4.78 is 0. The molecular weight excluding hydrogens is 179 g/mol. The molecule has 0 aliphatic rings. The SMILES string of the molecule is C=Cc1ccc(CCl)cc1.Cl. The number of halogens is 2. The summed E-state index contributed by atoms with van der Waals surface area (Å²) in [6, 6.07) is 8.02. The van der Waals surface area contributed by atoms with Gasteiger partial charge in [-0.05, 0) is 11.1 Å². The molecule has 0 aliphatic heterocycles. The first-order chi connectivity index (χ1) is 4.86. The highest BCUT2D eigenvalue weighted by molar-refractivity contribution is 6.17. The summed E-state index contributed by atoms with van der Waals surface area (Å²) in [6.07, 6.45) is 1.82. The smallest absolute Gasteiger partial charge is 0.0474 e. The van der Waals surface area contributed by atoms with Gasteiger partial charge in [-0.1, -0.05) is 36.9 Å². The summed E-state index contributed by atoms with van der Waals surface area (Å²) in [5.74, 6) is 0.581. The van der Waals surface area contributed by atoms with Gasteiger partial charge in [-0.25, -0.2) is 0 Å². The van der Waals surface area contributed by atoms with Crippen molar-refractivity contribution in [2.24, 2.45) is 0 Å². The van der Waals surface area contributed by atoms with Crippen LogP contribution in [0.4, 0.5) is 0 Å². The predicted octanol–water partition coefficient (Wildman–Crippen LogP) is 3.49. The van der Waals surface area contributed by atoms with E-state index in [-0.39, 0.29) is 12.4 Å². The summed E-state index contributed by atoms with van der Waals surface area (Å²) in [7, 11) is 0. The fourth-order valence-corrected chi connectivity index (χ4v) is 0.921. The molecule has 0 spiro atoms. The van der Waals surface area contributed by atoms with Crippen LogP contribution in [0.5, 0.6) is 0 Å². The molecule has 2 heteroatoms. The van der Waals surface area contributed by atoms with Crippen LogP contribution in [0.25, 0.3) is 6.08 Å². The van der Waals surface area contributed by atoms with Gasteiger partial charge in [0.15, 0.2) is 0 Å². The second-order valence-corrected chi connectivity index (χ2v) is 2.35. The Labute approximate surface area is 78.3 Å². The topological polar surface area (TPSA) is 0 Å². The van der Waals surface area contributed by atoms with Crippen molar-refractivity contribution in [2.75, 3.05) is 0 Å². The van der Waals surface area contributed by atoms with Gasteiger partial charge in [0.05, 0.1) is 0 Å². The van der Waals surface area contributed by atoms with E-state index in [9.17, 15) is 0 Å². The molecule has 0 bridgehead atoms. The van der Waals surface area contributed by atoms with Crippen molar-refractivity contribution in [1.82, 2.24) is 0 Å². The number of hydrogen-bond donors (Lipinski definition) is 0. The van der Waals surface area contributed by atoms with Crippen LogP contribution in [-0.2, 0) is 5.88 Å². The normalized spacial score (nSPS) is 8.45. The maximum atomic E-state index is 5.60. The lowest BCUT2D eigenvalue weighted by atomic mass is 10.1. The van der Waals surface area contributed by atoms with E-state index in [0.29, 0.717) is 5.88 Å². The third-order valence-corrected chi connectivity index (χ3v) is 1.68. The molecule has 0 saturated heterocycles. The van der Waals surface area contributed by atoms with Crippen molar-refractivity contribution in [3.8, 4) is 0 Å². The van der Waals surface area contributed by atoms with E-state index in [1.54, 1.807) is 0 Å². The molecule has 0 amide bonds. The third kappa shape index (κ3) is 2.96. The largest absolute Gasteiger partial charge is 0.147 e. The Morgan fingerprint density at radius 3 is 2.18 bits per heavy atom. The highest BCUT2D eigenvalue weighted by atomic mass is 35.5.